The van der Waals surface area contributed by atoms with Crippen molar-refractivity contribution < 1.29 is 19.5 Å². The van der Waals surface area contributed by atoms with Gasteiger partial charge >= 0.3 is 5.97 Å². The summed E-state index contributed by atoms with van der Waals surface area (Å²) < 4.78 is 0. The monoisotopic (exact) mass is 288 g/mol. The van der Waals surface area contributed by atoms with E-state index in [1.54, 1.807) is 13.0 Å². The van der Waals surface area contributed by atoms with E-state index in [4.69, 9.17) is 5.11 Å². The lowest BCUT2D eigenvalue weighted by molar-refractivity contribution is -0.141. The van der Waals surface area contributed by atoms with Crippen LogP contribution in [0.3, 0.4) is 0 Å². The highest BCUT2D eigenvalue weighted by molar-refractivity contribution is 8.00. The number of amides is 2. The van der Waals surface area contributed by atoms with Gasteiger partial charge in [0.05, 0.1) is 5.25 Å². The second-order valence-electron chi connectivity index (χ2n) is 3.93. The lowest BCUT2D eigenvalue weighted by Crippen LogP contribution is -2.40. The predicted molar refractivity (Wildman–Crippen MR) is 75.0 cm³/mol. The summed E-state index contributed by atoms with van der Waals surface area (Å²) in [4.78, 5) is 33.2. The molecule has 0 aromatic rings. The Bertz CT molecular complexity index is 347. The fourth-order valence-corrected chi connectivity index (χ4v) is 2.22. The molecule has 0 saturated carbocycles. The largest absolute Gasteiger partial charge is 0.480 e. The van der Waals surface area contributed by atoms with E-state index in [1.807, 2.05) is 0 Å². The molecule has 2 amide bonds. The Kier molecular flexibility index (Phi) is 8.69. The lowest BCUT2D eigenvalue weighted by atomic mass is 10.2. The van der Waals surface area contributed by atoms with Crippen molar-refractivity contribution >= 4 is 29.5 Å². The average molecular weight is 288 g/mol. The Morgan fingerprint density at radius 1 is 1.42 bits per heavy atom. The van der Waals surface area contributed by atoms with Crippen LogP contribution in [0.5, 0.6) is 0 Å². The summed E-state index contributed by atoms with van der Waals surface area (Å²) in [5.74, 6) is -1.09. The zero-order valence-corrected chi connectivity index (χ0v) is 12.0. The minimum absolute atomic E-state index is 0.115. The van der Waals surface area contributed by atoms with E-state index in [-0.39, 0.29) is 23.5 Å². The third-order valence-electron chi connectivity index (χ3n) is 2.24. The van der Waals surface area contributed by atoms with E-state index in [9.17, 15) is 14.4 Å². The van der Waals surface area contributed by atoms with Crippen LogP contribution in [-0.4, -0.2) is 46.5 Å². The molecule has 2 atom stereocenters. The Morgan fingerprint density at radius 3 is 2.53 bits per heavy atom. The normalized spacial score (nSPS) is 13.2. The van der Waals surface area contributed by atoms with Gasteiger partial charge in [-0.15, -0.1) is 18.3 Å². The SMILES string of the molecule is C=CCNC(=O)C(C)SCCC(NC(C)=O)C(=O)O. The smallest absolute Gasteiger partial charge is 0.326 e. The molecular weight excluding hydrogens is 268 g/mol. The first-order valence-corrected chi connectivity index (χ1v) is 6.93. The number of carbonyl (C=O) groups is 3. The molecular formula is C12H20N2O4S. The van der Waals surface area contributed by atoms with E-state index in [1.165, 1.54) is 18.7 Å². The molecule has 0 fully saturated rings. The van der Waals surface area contributed by atoms with Crippen LogP contribution in [-0.2, 0) is 14.4 Å². The summed E-state index contributed by atoms with van der Waals surface area (Å²) in [7, 11) is 0. The molecule has 0 saturated heterocycles. The number of rotatable bonds is 9. The van der Waals surface area contributed by atoms with Gasteiger partial charge in [-0.25, -0.2) is 4.79 Å². The van der Waals surface area contributed by atoms with Crippen molar-refractivity contribution in [1.82, 2.24) is 10.6 Å². The van der Waals surface area contributed by atoms with Crippen LogP contribution in [0.1, 0.15) is 20.3 Å². The highest BCUT2D eigenvalue weighted by Crippen LogP contribution is 2.13. The number of nitrogens with one attached hydrogen (secondary N) is 2. The van der Waals surface area contributed by atoms with Gasteiger partial charge < -0.3 is 15.7 Å². The van der Waals surface area contributed by atoms with Crippen molar-refractivity contribution in [2.24, 2.45) is 0 Å². The Labute approximate surface area is 117 Å². The van der Waals surface area contributed by atoms with Crippen LogP contribution in [0.25, 0.3) is 0 Å². The molecule has 0 aliphatic carbocycles. The summed E-state index contributed by atoms with van der Waals surface area (Å²) in [5, 5.41) is 13.6. The van der Waals surface area contributed by atoms with Crippen molar-refractivity contribution in [2.75, 3.05) is 12.3 Å². The molecule has 2 unspecified atom stereocenters. The number of carboxylic acids is 1. The molecule has 0 rings (SSSR count). The van der Waals surface area contributed by atoms with Crippen LogP contribution >= 0.6 is 11.8 Å². The molecule has 3 N–H and O–H groups in total. The van der Waals surface area contributed by atoms with E-state index in [0.29, 0.717) is 12.3 Å². The van der Waals surface area contributed by atoms with Crippen molar-refractivity contribution in [2.45, 2.75) is 31.6 Å². The molecule has 7 heteroatoms. The standard InChI is InChI=1S/C12H20N2O4S/c1-4-6-13-11(16)8(2)19-7-5-10(12(17)18)14-9(3)15/h4,8,10H,1,5-7H2,2-3H3,(H,13,16)(H,14,15)(H,17,18). The van der Waals surface area contributed by atoms with Gasteiger partial charge in [0.1, 0.15) is 6.04 Å². The lowest BCUT2D eigenvalue weighted by Gasteiger charge is -2.15. The van der Waals surface area contributed by atoms with Gasteiger partial charge in [0.2, 0.25) is 11.8 Å². The van der Waals surface area contributed by atoms with Crippen molar-refractivity contribution in [3.05, 3.63) is 12.7 Å². The second-order valence-corrected chi connectivity index (χ2v) is 5.38. The zero-order valence-electron chi connectivity index (χ0n) is 11.1. The van der Waals surface area contributed by atoms with Gasteiger partial charge in [0.25, 0.3) is 0 Å². The number of thioether (sulfide) groups is 1. The van der Waals surface area contributed by atoms with Gasteiger partial charge in [-0.05, 0) is 19.1 Å². The molecule has 0 heterocycles. The van der Waals surface area contributed by atoms with Crippen LogP contribution in [0.4, 0.5) is 0 Å². The molecule has 108 valence electrons. The van der Waals surface area contributed by atoms with Crippen LogP contribution in [0.2, 0.25) is 0 Å². The molecule has 0 aliphatic rings. The number of hydrogen-bond donors (Lipinski definition) is 3. The number of carbonyl (C=O) groups excluding carboxylic acids is 2. The fraction of sp³-hybridized carbons (Fsp3) is 0.583. The molecule has 0 aliphatic heterocycles. The van der Waals surface area contributed by atoms with Crippen molar-refractivity contribution in [1.29, 1.82) is 0 Å². The molecule has 0 aromatic heterocycles. The first-order chi connectivity index (χ1) is 8.88. The summed E-state index contributed by atoms with van der Waals surface area (Å²) in [6.07, 6.45) is 1.87. The van der Waals surface area contributed by atoms with Gasteiger partial charge in [-0.1, -0.05) is 6.08 Å². The van der Waals surface area contributed by atoms with E-state index in [2.05, 4.69) is 17.2 Å². The third kappa shape index (κ3) is 8.25. The Balaban J connectivity index is 4.04. The Morgan fingerprint density at radius 2 is 2.05 bits per heavy atom. The molecule has 0 aromatic carbocycles. The predicted octanol–water partition coefficient (Wildman–Crippen LogP) is 0.390. The zero-order chi connectivity index (χ0) is 14.8. The summed E-state index contributed by atoms with van der Waals surface area (Å²) in [6.45, 7) is 6.93. The quantitative estimate of drug-likeness (QED) is 0.533. The van der Waals surface area contributed by atoms with Crippen molar-refractivity contribution in [3.63, 3.8) is 0 Å². The molecule has 19 heavy (non-hydrogen) atoms. The third-order valence-corrected chi connectivity index (χ3v) is 3.43. The highest BCUT2D eigenvalue weighted by Gasteiger charge is 2.19. The summed E-state index contributed by atoms with van der Waals surface area (Å²) >= 11 is 1.35. The van der Waals surface area contributed by atoms with E-state index in [0.717, 1.165) is 0 Å². The summed E-state index contributed by atoms with van der Waals surface area (Å²) in [5.41, 5.74) is 0. The molecule has 0 spiro atoms. The van der Waals surface area contributed by atoms with Gasteiger partial charge in [-0.3, -0.25) is 9.59 Å². The number of aliphatic carboxylic acids is 1. The van der Waals surface area contributed by atoms with E-state index < -0.39 is 12.0 Å². The first kappa shape index (κ1) is 17.5. The minimum Gasteiger partial charge on any atom is -0.480 e. The second kappa shape index (κ2) is 9.43. The van der Waals surface area contributed by atoms with Crippen molar-refractivity contribution in [3.8, 4) is 0 Å². The maximum absolute atomic E-state index is 11.5. The average Bonchev–Trinajstić information content (AvgIpc) is 2.33. The molecule has 0 bridgehead atoms. The molecule has 0 radical (unpaired) electrons. The topological polar surface area (TPSA) is 95.5 Å². The number of hydrogen-bond acceptors (Lipinski definition) is 4. The van der Waals surface area contributed by atoms with E-state index >= 15 is 0 Å². The van der Waals surface area contributed by atoms with Gasteiger partial charge in [0.15, 0.2) is 0 Å². The maximum atomic E-state index is 11.5. The van der Waals surface area contributed by atoms with Crippen LogP contribution in [0, 0.1) is 0 Å². The Hall–Kier alpha value is -1.50. The highest BCUT2D eigenvalue weighted by atomic mass is 32.2. The van der Waals surface area contributed by atoms with Gasteiger partial charge in [-0.2, -0.15) is 0 Å². The minimum atomic E-state index is -1.07. The van der Waals surface area contributed by atoms with Gasteiger partial charge in [0, 0.05) is 13.5 Å². The maximum Gasteiger partial charge on any atom is 0.326 e. The number of carboxylic acid groups (broad SMARTS) is 1. The fourth-order valence-electron chi connectivity index (χ4n) is 1.26. The first-order valence-electron chi connectivity index (χ1n) is 5.88. The van der Waals surface area contributed by atoms with Crippen LogP contribution < -0.4 is 10.6 Å². The molecule has 6 nitrogen and oxygen atoms in total. The van der Waals surface area contributed by atoms with Crippen LogP contribution in [0.15, 0.2) is 12.7 Å². The summed E-state index contributed by atoms with van der Waals surface area (Å²) in [6, 6.07) is -0.909.